The van der Waals surface area contributed by atoms with E-state index in [4.69, 9.17) is 11.5 Å². The SMILES string of the molecule is Nc1ccc(-c2sc(N)[nH+]c2-c2ccccc2)cc1. The number of hydrogen-bond acceptors (Lipinski definition) is 3. The van der Waals surface area contributed by atoms with Crippen molar-refractivity contribution in [3.63, 3.8) is 0 Å². The highest BCUT2D eigenvalue weighted by Gasteiger charge is 2.16. The number of nitrogens with two attached hydrogens (primary N) is 2. The number of thiazole rings is 1. The number of H-pyrrole nitrogens is 1. The van der Waals surface area contributed by atoms with Gasteiger partial charge >= 0.3 is 5.13 Å². The lowest BCUT2D eigenvalue weighted by Gasteiger charge is -2.01. The number of rotatable bonds is 2. The normalized spacial score (nSPS) is 10.5. The van der Waals surface area contributed by atoms with E-state index >= 15 is 0 Å². The molecule has 94 valence electrons. The van der Waals surface area contributed by atoms with Crippen molar-refractivity contribution in [2.24, 2.45) is 0 Å². The molecule has 0 unspecified atom stereocenters. The van der Waals surface area contributed by atoms with E-state index in [1.807, 2.05) is 42.5 Å². The number of aromatic nitrogens is 1. The molecule has 0 fully saturated rings. The zero-order valence-corrected chi connectivity index (χ0v) is 11.1. The molecule has 0 saturated heterocycles. The molecule has 2 aromatic carbocycles. The summed E-state index contributed by atoms with van der Waals surface area (Å²) in [5.41, 5.74) is 15.7. The first-order valence-electron chi connectivity index (χ1n) is 5.97. The van der Waals surface area contributed by atoms with Gasteiger partial charge in [0.2, 0.25) is 0 Å². The van der Waals surface area contributed by atoms with E-state index in [0.29, 0.717) is 5.13 Å². The van der Waals surface area contributed by atoms with E-state index in [0.717, 1.165) is 27.4 Å². The zero-order chi connectivity index (χ0) is 13.2. The Hall–Kier alpha value is -2.33. The van der Waals surface area contributed by atoms with Crippen LogP contribution in [0.3, 0.4) is 0 Å². The Morgan fingerprint density at radius 3 is 2.16 bits per heavy atom. The lowest BCUT2D eigenvalue weighted by atomic mass is 10.1. The molecule has 3 nitrogen and oxygen atoms in total. The Bertz CT molecular complexity index is 687. The maximum absolute atomic E-state index is 5.92. The Morgan fingerprint density at radius 1 is 0.789 bits per heavy atom. The van der Waals surface area contributed by atoms with Crippen molar-refractivity contribution in [3.05, 3.63) is 54.6 Å². The summed E-state index contributed by atoms with van der Waals surface area (Å²) in [4.78, 5) is 4.37. The predicted octanol–water partition coefficient (Wildman–Crippen LogP) is 3.06. The highest BCUT2D eigenvalue weighted by atomic mass is 32.1. The molecule has 0 amide bonds. The summed E-state index contributed by atoms with van der Waals surface area (Å²) in [5, 5.41) is 0.700. The summed E-state index contributed by atoms with van der Waals surface area (Å²) in [7, 11) is 0. The Kier molecular flexibility index (Phi) is 2.93. The molecule has 3 aromatic rings. The summed E-state index contributed by atoms with van der Waals surface area (Å²) in [5.74, 6) is 0. The molecule has 0 bridgehead atoms. The first-order chi connectivity index (χ1) is 9.24. The highest BCUT2D eigenvalue weighted by molar-refractivity contribution is 7.18. The van der Waals surface area contributed by atoms with Gasteiger partial charge in [0.25, 0.3) is 0 Å². The van der Waals surface area contributed by atoms with E-state index in [1.165, 1.54) is 0 Å². The van der Waals surface area contributed by atoms with Gasteiger partial charge in [-0.3, -0.25) is 5.73 Å². The fourth-order valence-corrected chi connectivity index (χ4v) is 2.91. The third-order valence-corrected chi connectivity index (χ3v) is 3.89. The van der Waals surface area contributed by atoms with Crippen molar-refractivity contribution in [1.82, 2.24) is 0 Å². The van der Waals surface area contributed by atoms with Crippen molar-refractivity contribution in [2.45, 2.75) is 0 Å². The smallest absolute Gasteiger partial charge is 0.330 e. The van der Waals surface area contributed by atoms with E-state index in [9.17, 15) is 0 Å². The third-order valence-electron chi connectivity index (χ3n) is 2.92. The monoisotopic (exact) mass is 268 g/mol. The topological polar surface area (TPSA) is 66.2 Å². The molecular formula is C15H14N3S+. The summed E-state index contributed by atoms with van der Waals surface area (Å²) in [6.07, 6.45) is 0. The van der Waals surface area contributed by atoms with Gasteiger partial charge in [-0.25, -0.2) is 4.98 Å². The van der Waals surface area contributed by atoms with Gasteiger partial charge in [-0.05, 0) is 29.0 Å². The molecule has 19 heavy (non-hydrogen) atoms. The summed E-state index contributed by atoms with van der Waals surface area (Å²) >= 11 is 1.55. The number of benzene rings is 2. The van der Waals surface area contributed by atoms with Crippen molar-refractivity contribution < 1.29 is 4.98 Å². The highest BCUT2D eigenvalue weighted by Crippen LogP contribution is 2.35. The molecule has 0 radical (unpaired) electrons. The minimum absolute atomic E-state index is 0.700. The third kappa shape index (κ3) is 2.30. The molecule has 1 aromatic heterocycles. The molecule has 4 heteroatoms. The van der Waals surface area contributed by atoms with E-state index in [-0.39, 0.29) is 0 Å². The summed E-state index contributed by atoms with van der Waals surface area (Å²) in [6.45, 7) is 0. The number of hydrogen-bond donors (Lipinski definition) is 2. The fourth-order valence-electron chi connectivity index (χ4n) is 2.01. The average molecular weight is 268 g/mol. The molecule has 3 rings (SSSR count). The lowest BCUT2D eigenvalue weighted by molar-refractivity contribution is -0.340. The van der Waals surface area contributed by atoms with Gasteiger partial charge in [-0.15, -0.1) is 0 Å². The molecule has 0 aliphatic carbocycles. The molecule has 0 spiro atoms. The first kappa shape index (κ1) is 11.7. The molecule has 0 aliphatic heterocycles. The van der Waals surface area contributed by atoms with Gasteiger partial charge in [0.15, 0.2) is 5.69 Å². The second-order valence-electron chi connectivity index (χ2n) is 4.28. The van der Waals surface area contributed by atoms with Crippen LogP contribution < -0.4 is 16.5 Å². The van der Waals surface area contributed by atoms with E-state index < -0.39 is 0 Å². The van der Waals surface area contributed by atoms with Crippen LogP contribution in [0.4, 0.5) is 10.8 Å². The van der Waals surface area contributed by atoms with Crippen LogP contribution in [0.5, 0.6) is 0 Å². The molecule has 5 N–H and O–H groups in total. The van der Waals surface area contributed by atoms with E-state index in [2.05, 4.69) is 17.1 Å². The number of nitrogens with one attached hydrogen (secondary N) is 1. The Morgan fingerprint density at radius 2 is 1.47 bits per heavy atom. The Labute approximate surface area is 115 Å². The maximum Gasteiger partial charge on any atom is 0.330 e. The average Bonchev–Trinajstić information content (AvgIpc) is 2.83. The standard InChI is InChI=1S/C15H13N3S/c16-12-8-6-11(7-9-12)14-13(18-15(17)19-14)10-4-2-1-3-5-10/h1-9H,16H2,(H2,17,18)/p+1. The van der Waals surface area contributed by atoms with Crippen LogP contribution in [0.25, 0.3) is 21.7 Å². The van der Waals surface area contributed by atoms with Gasteiger partial charge < -0.3 is 5.73 Å². The largest absolute Gasteiger partial charge is 0.399 e. The molecular weight excluding hydrogens is 254 g/mol. The summed E-state index contributed by atoms with van der Waals surface area (Å²) < 4.78 is 0. The molecule has 0 atom stereocenters. The van der Waals surface area contributed by atoms with Gasteiger partial charge in [-0.2, -0.15) is 0 Å². The van der Waals surface area contributed by atoms with Crippen LogP contribution in [-0.2, 0) is 0 Å². The zero-order valence-electron chi connectivity index (χ0n) is 10.3. The second-order valence-corrected chi connectivity index (χ2v) is 5.34. The predicted molar refractivity (Wildman–Crippen MR) is 80.6 cm³/mol. The van der Waals surface area contributed by atoms with Gasteiger partial charge in [-0.1, -0.05) is 42.5 Å². The summed E-state index contributed by atoms with van der Waals surface area (Å²) in [6, 6.07) is 18.0. The fraction of sp³-hybridized carbons (Fsp3) is 0. The number of anilines is 2. The first-order valence-corrected chi connectivity index (χ1v) is 6.78. The molecule has 0 saturated carbocycles. The van der Waals surface area contributed by atoms with Gasteiger partial charge in [0.1, 0.15) is 0 Å². The maximum atomic E-state index is 5.92. The van der Waals surface area contributed by atoms with Crippen LogP contribution in [0.2, 0.25) is 0 Å². The van der Waals surface area contributed by atoms with Crippen LogP contribution in [-0.4, -0.2) is 0 Å². The van der Waals surface area contributed by atoms with Crippen LogP contribution in [0.15, 0.2) is 54.6 Å². The van der Waals surface area contributed by atoms with E-state index in [1.54, 1.807) is 11.3 Å². The molecule has 1 heterocycles. The quantitative estimate of drug-likeness (QED) is 0.701. The lowest BCUT2D eigenvalue weighted by Crippen LogP contribution is -2.07. The van der Waals surface area contributed by atoms with Crippen LogP contribution in [0.1, 0.15) is 0 Å². The second kappa shape index (κ2) is 4.74. The van der Waals surface area contributed by atoms with Gasteiger partial charge in [0.05, 0.1) is 4.88 Å². The van der Waals surface area contributed by atoms with Crippen LogP contribution >= 0.6 is 11.3 Å². The van der Waals surface area contributed by atoms with Crippen molar-refractivity contribution in [3.8, 4) is 21.7 Å². The van der Waals surface area contributed by atoms with Gasteiger partial charge in [0, 0.05) is 11.3 Å². The van der Waals surface area contributed by atoms with Crippen LogP contribution in [0, 0.1) is 0 Å². The molecule has 0 aliphatic rings. The minimum atomic E-state index is 0.700. The van der Waals surface area contributed by atoms with Crippen molar-refractivity contribution in [2.75, 3.05) is 11.5 Å². The van der Waals surface area contributed by atoms with Crippen molar-refractivity contribution in [1.29, 1.82) is 0 Å². The Balaban J connectivity index is 2.15. The number of nitrogen functional groups attached to an aromatic ring is 2. The minimum Gasteiger partial charge on any atom is -0.399 e. The van der Waals surface area contributed by atoms with Crippen molar-refractivity contribution >= 4 is 22.2 Å². The number of aromatic amines is 1.